The van der Waals surface area contributed by atoms with Crippen LogP contribution in [0.25, 0.3) is 22.5 Å². The molecule has 2 heterocycles. The predicted molar refractivity (Wildman–Crippen MR) is 133 cm³/mol. The smallest absolute Gasteiger partial charge is 0.338 e. The second-order valence-corrected chi connectivity index (χ2v) is 8.22. The van der Waals surface area contributed by atoms with Gasteiger partial charge in [-0.1, -0.05) is 49.7 Å². The largest absolute Gasteiger partial charge is 0.465 e. The minimum Gasteiger partial charge on any atom is -0.465 e. The lowest BCUT2D eigenvalue weighted by Crippen LogP contribution is -2.26. The van der Waals surface area contributed by atoms with Crippen molar-refractivity contribution >= 4 is 5.97 Å². The van der Waals surface area contributed by atoms with Crippen LogP contribution in [0, 0.1) is 0 Å². The van der Waals surface area contributed by atoms with E-state index in [0.29, 0.717) is 25.3 Å². The Morgan fingerprint density at radius 2 is 1.89 bits per heavy atom. The molecule has 180 valence electrons. The van der Waals surface area contributed by atoms with Gasteiger partial charge in [-0.2, -0.15) is 5.21 Å². The van der Waals surface area contributed by atoms with Crippen LogP contribution in [-0.2, 0) is 24.2 Å². The Balaban J connectivity index is 1.73. The van der Waals surface area contributed by atoms with E-state index in [4.69, 9.17) is 10.5 Å². The Labute approximate surface area is 203 Å². The van der Waals surface area contributed by atoms with Crippen LogP contribution in [0.5, 0.6) is 0 Å². The standard InChI is InChI=1S/C26H28N6O3/c1-3-4-7-21-13-19(26(34)35-2)14-24(33)32(21)16-18-11-10-17(12-20(18)15-27)22-8-5-6-9-23(22)25-28-30-31-29-25/h5-6,8-14H,3-4,7,15-16,27H2,1-2H3,(H,28,29,30,31). The van der Waals surface area contributed by atoms with Crippen LogP contribution in [-0.4, -0.2) is 38.3 Å². The summed E-state index contributed by atoms with van der Waals surface area (Å²) in [5, 5.41) is 14.4. The van der Waals surface area contributed by atoms with Crippen molar-refractivity contribution in [1.82, 2.24) is 25.2 Å². The number of nitrogens with one attached hydrogen (secondary N) is 1. The Hall–Kier alpha value is -4.11. The first-order valence-corrected chi connectivity index (χ1v) is 11.5. The molecule has 0 aliphatic rings. The van der Waals surface area contributed by atoms with Gasteiger partial charge in [0.15, 0.2) is 0 Å². The summed E-state index contributed by atoms with van der Waals surface area (Å²) < 4.78 is 6.53. The lowest BCUT2D eigenvalue weighted by Gasteiger charge is -2.17. The van der Waals surface area contributed by atoms with E-state index in [9.17, 15) is 9.59 Å². The summed E-state index contributed by atoms with van der Waals surface area (Å²) in [5.41, 5.74) is 11.6. The van der Waals surface area contributed by atoms with E-state index in [-0.39, 0.29) is 11.1 Å². The molecule has 0 amide bonds. The average molecular weight is 473 g/mol. The molecule has 9 heteroatoms. The first-order valence-electron chi connectivity index (χ1n) is 11.5. The van der Waals surface area contributed by atoms with Crippen molar-refractivity contribution in [3.63, 3.8) is 0 Å². The fourth-order valence-electron chi connectivity index (χ4n) is 4.15. The van der Waals surface area contributed by atoms with Gasteiger partial charge in [0, 0.05) is 23.9 Å². The second-order valence-electron chi connectivity index (χ2n) is 8.22. The maximum absolute atomic E-state index is 13.0. The van der Waals surface area contributed by atoms with Gasteiger partial charge in [-0.3, -0.25) is 4.79 Å². The number of aromatic nitrogens is 5. The number of benzene rings is 2. The number of esters is 1. The number of ether oxygens (including phenoxy) is 1. The molecular formula is C26H28N6O3. The molecule has 0 spiro atoms. The average Bonchev–Trinajstić information content (AvgIpc) is 3.43. The van der Waals surface area contributed by atoms with Crippen molar-refractivity contribution in [2.24, 2.45) is 5.73 Å². The highest BCUT2D eigenvalue weighted by atomic mass is 16.5. The molecule has 0 atom stereocenters. The first-order chi connectivity index (χ1) is 17.0. The topological polar surface area (TPSA) is 129 Å². The zero-order valence-corrected chi connectivity index (χ0v) is 19.8. The zero-order chi connectivity index (χ0) is 24.8. The van der Waals surface area contributed by atoms with Crippen LogP contribution < -0.4 is 11.3 Å². The molecule has 0 fully saturated rings. The molecule has 0 radical (unpaired) electrons. The monoisotopic (exact) mass is 472 g/mol. The Kier molecular flexibility index (Phi) is 7.47. The van der Waals surface area contributed by atoms with Crippen LogP contribution in [0.3, 0.4) is 0 Å². The quantitative estimate of drug-likeness (QED) is 0.358. The molecule has 0 aliphatic carbocycles. The van der Waals surface area contributed by atoms with Crippen molar-refractivity contribution in [2.75, 3.05) is 7.11 Å². The molecule has 2 aromatic carbocycles. The van der Waals surface area contributed by atoms with E-state index >= 15 is 0 Å². The first kappa shape index (κ1) is 24.0. The number of aryl methyl sites for hydroxylation is 1. The number of methoxy groups -OCH3 is 1. The van der Waals surface area contributed by atoms with E-state index in [0.717, 1.165) is 46.4 Å². The highest BCUT2D eigenvalue weighted by molar-refractivity contribution is 5.89. The fourth-order valence-corrected chi connectivity index (χ4v) is 4.15. The second kappa shape index (κ2) is 10.9. The Morgan fingerprint density at radius 1 is 1.09 bits per heavy atom. The predicted octanol–water partition coefficient (Wildman–Crippen LogP) is 3.33. The third-order valence-electron chi connectivity index (χ3n) is 6.00. The fraction of sp³-hybridized carbons (Fsp3) is 0.269. The molecule has 35 heavy (non-hydrogen) atoms. The molecule has 0 saturated heterocycles. The van der Waals surface area contributed by atoms with Gasteiger partial charge in [-0.15, -0.1) is 10.2 Å². The molecule has 4 rings (SSSR count). The highest BCUT2D eigenvalue weighted by Crippen LogP contribution is 2.31. The summed E-state index contributed by atoms with van der Waals surface area (Å²) in [6.07, 6.45) is 2.56. The molecule has 0 saturated carbocycles. The number of hydrogen-bond donors (Lipinski definition) is 2. The van der Waals surface area contributed by atoms with Gasteiger partial charge in [0.25, 0.3) is 5.56 Å². The molecule has 4 aromatic rings. The van der Waals surface area contributed by atoms with Gasteiger partial charge >= 0.3 is 5.97 Å². The van der Waals surface area contributed by atoms with Gasteiger partial charge in [0.1, 0.15) is 0 Å². The van der Waals surface area contributed by atoms with E-state index < -0.39 is 5.97 Å². The van der Waals surface area contributed by atoms with Crippen molar-refractivity contribution in [3.8, 4) is 22.5 Å². The minimum atomic E-state index is -0.515. The van der Waals surface area contributed by atoms with Crippen LogP contribution in [0.1, 0.15) is 46.9 Å². The van der Waals surface area contributed by atoms with Crippen molar-refractivity contribution in [2.45, 2.75) is 39.3 Å². The number of carbonyl (C=O) groups is 1. The summed E-state index contributed by atoms with van der Waals surface area (Å²) in [4.78, 5) is 25.1. The summed E-state index contributed by atoms with van der Waals surface area (Å²) in [5.74, 6) is -0.00365. The maximum atomic E-state index is 13.0. The number of aromatic amines is 1. The van der Waals surface area contributed by atoms with Crippen molar-refractivity contribution in [1.29, 1.82) is 0 Å². The van der Waals surface area contributed by atoms with Crippen LogP contribution in [0.4, 0.5) is 0 Å². The third-order valence-corrected chi connectivity index (χ3v) is 6.00. The normalized spacial score (nSPS) is 10.9. The summed E-state index contributed by atoms with van der Waals surface area (Å²) in [6.45, 7) is 2.76. The number of carbonyl (C=O) groups excluding carboxylic acids is 1. The SMILES string of the molecule is CCCCc1cc(C(=O)OC)cc(=O)n1Cc1ccc(-c2ccccc2-c2nn[nH]n2)cc1CN. The summed E-state index contributed by atoms with van der Waals surface area (Å²) >= 11 is 0. The summed E-state index contributed by atoms with van der Waals surface area (Å²) in [6, 6.07) is 16.9. The molecule has 0 aliphatic heterocycles. The number of rotatable bonds is 9. The number of nitrogens with zero attached hydrogens (tertiary/aromatic N) is 4. The Morgan fingerprint density at radius 3 is 2.57 bits per heavy atom. The van der Waals surface area contributed by atoms with Gasteiger partial charge in [0.2, 0.25) is 5.82 Å². The van der Waals surface area contributed by atoms with Gasteiger partial charge < -0.3 is 15.0 Å². The highest BCUT2D eigenvalue weighted by Gasteiger charge is 2.16. The van der Waals surface area contributed by atoms with Crippen LogP contribution in [0.2, 0.25) is 0 Å². The maximum Gasteiger partial charge on any atom is 0.338 e. The van der Waals surface area contributed by atoms with Gasteiger partial charge in [-0.25, -0.2) is 4.79 Å². The van der Waals surface area contributed by atoms with Gasteiger partial charge in [-0.05, 0) is 52.4 Å². The minimum absolute atomic E-state index is 0.242. The molecule has 0 bridgehead atoms. The van der Waals surface area contributed by atoms with E-state index in [1.54, 1.807) is 10.6 Å². The molecule has 2 aromatic heterocycles. The Bertz CT molecular complexity index is 1380. The van der Waals surface area contributed by atoms with Crippen LogP contribution in [0.15, 0.2) is 59.4 Å². The number of nitrogens with two attached hydrogens (primary N) is 1. The molecule has 0 unspecified atom stereocenters. The van der Waals surface area contributed by atoms with Crippen molar-refractivity contribution in [3.05, 3.63) is 87.3 Å². The summed E-state index contributed by atoms with van der Waals surface area (Å²) in [7, 11) is 1.31. The van der Waals surface area contributed by atoms with Crippen LogP contribution >= 0.6 is 0 Å². The number of hydrogen-bond acceptors (Lipinski definition) is 7. The molecule has 9 nitrogen and oxygen atoms in total. The number of unbranched alkanes of at least 4 members (excludes halogenated alkanes) is 1. The molecule has 3 N–H and O–H groups in total. The van der Waals surface area contributed by atoms with Gasteiger partial charge in [0.05, 0.1) is 19.2 Å². The third kappa shape index (κ3) is 5.20. The van der Waals surface area contributed by atoms with E-state index in [1.165, 1.54) is 13.2 Å². The number of H-pyrrole nitrogens is 1. The van der Waals surface area contributed by atoms with Crippen molar-refractivity contribution < 1.29 is 9.53 Å². The lowest BCUT2D eigenvalue weighted by molar-refractivity contribution is 0.0600. The number of pyridine rings is 1. The van der Waals surface area contributed by atoms with E-state index in [1.807, 2.05) is 42.5 Å². The number of tetrazole rings is 1. The van der Waals surface area contributed by atoms with E-state index in [2.05, 4.69) is 27.5 Å². The lowest BCUT2D eigenvalue weighted by atomic mass is 9.95. The molecular weight excluding hydrogens is 444 g/mol. The zero-order valence-electron chi connectivity index (χ0n) is 19.8.